The lowest BCUT2D eigenvalue weighted by Crippen LogP contribution is -2.18. The van der Waals surface area contributed by atoms with Crippen LogP contribution in [0.4, 0.5) is 5.69 Å². The molecule has 5 nitrogen and oxygen atoms in total. The summed E-state index contributed by atoms with van der Waals surface area (Å²) in [7, 11) is 1.56. The third kappa shape index (κ3) is 4.02. The molecule has 148 valence electrons. The summed E-state index contributed by atoms with van der Waals surface area (Å²) in [4.78, 5) is 29.7. The molecule has 0 aliphatic carbocycles. The Bertz CT molecular complexity index is 1250. The van der Waals surface area contributed by atoms with Crippen molar-refractivity contribution >= 4 is 40.0 Å². The van der Waals surface area contributed by atoms with E-state index in [9.17, 15) is 9.59 Å². The van der Waals surface area contributed by atoms with E-state index in [4.69, 9.17) is 16.6 Å². The molecule has 1 aromatic heterocycles. The molecule has 1 heterocycles. The molecule has 6 heteroatoms. The SMILES string of the molecule is CNC(=O)c1cccc(NC(=O)c2cc(-c3ccc(Cl)cc3)nc3ccccc23)c1. The van der Waals surface area contributed by atoms with E-state index in [1.54, 1.807) is 49.5 Å². The van der Waals surface area contributed by atoms with Crippen LogP contribution in [-0.2, 0) is 0 Å². The number of aromatic nitrogens is 1. The molecule has 2 amide bonds. The highest BCUT2D eigenvalue weighted by atomic mass is 35.5. The van der Waals surface area contributed by atoms with Gasteiger partial charge >= 0.3 is 0 Å². The fraction of sp³-hybridized carbons (Fsp3) is 0.0417. The van der Waals surface area contributed by atoms with Crippen molar-refractivity contribution in [3.05, 3.63) is 95.0 Å². The molecule has 0 aliphatic heterocycles. The topological polar surface area (TPSA) is 71.1 Å². The number of hydrogen-bond acceptors (Lipinski definition) is 3. The molecular weight excluding hydrogens is 398 g/mol. The predicted octanol–water partition coefficient (Wildman–Crippen LogP) is 5.17. The highest BCUT2D eigenvalue weighted by Crippen LogP contribution is 2.26. The minimum absolute atomic E-state index is 0.217. The third-order valence-electron chi connectivity index (χ3n) is 4.71. The molecule has 0 fully saturated rings. The maximum atomic E-state index is 13.2. The van der Waals surface area contributed by atoms with Crippen molar-refractivity contribution in [2.24, 2.45) is 0 Å². The summed E-state index contributed by atoms with van der Waals surface area (Å²) in [5, 5.41) is 6.85. The fourth-order valence-corrected chi connectivity index (χ4v) is 3.34. The van der Waals surface area contributed by atoms with Crippen molar-refractivity contribution in [1.29, 1.82) is 0 Å². The molecule has 0 saturated carbocycles. The van der Waals surface area contributed by atoms with Gasteiger partial charge in [-0.15, -0.1) is 0 Å². The van der Waals surface area contributed by atoms with Gasteiger partial charge < -0.3 is 10.6 Å². The van der Waals surface area contributed by atoms with E-state index in [0.717, 1.165) is 10.9 Å². The summed E-state index contributed by atoms with van der Waals surface area (Å²) in [6.07, 6.45) is 0. The normalized spacial score (nSPS) is 10.6. The van der Waals surface area contributed by atoms with E-state index in [0.29, 0.717) is 33.0 Å². The highest BCUT2D eigenvalue weighted by molar-refractivity contribution is 6.30. The standard InChI is InChI=1S/C24H18ClN3O2/c1-26-23(29)16-5-4-6-18(13-16)27-24(30)20-14-22(15-9-11-17(25)12-10-15)28-21-8-3-2-7-19(20)21/h2-14H,1H3,(H,26,29)(H,27,30). The number of rotatable bonds is 4. The van der Waals surface area contributed by atoms with Crippen LogP contribution >= 0.6 is 11.6 Å². The van der Waals surface area contributed by atoms with Gasteiger partial charge in [0.25, 0.3) is 11.8 Å². The number of carbonyl (C=O) groups excluding carboxylic acids is 2. The van der Waals surface area contributed by atoms with Gasteiger partial charge in [0.15, 0.2) is 0 Å². The first kappa shape index (κ1) is 19.6. The van der Waals surface area contributed by atoms with Crippen molar-refractivity contribution in [3.63, 3.8) is 0 Å². The van der Waals surface area contributed by atoms with E-state index in [1.807, 2.05) is 36.4 Å². The van der Waals surface area contributed by atoms with Crippen LogP contribution in [0.5, 0.6) is 0 Å². The Balaban J connectivity index is 1.75. The van der Waals surface area contributed by atoms with Crippen LogP contribution in [0.1, 0.15) is 20.7 Å². The Kier molecular flexibility index (Phi) is 5.46. The highest BCUT2D eigenvalue weighted by Gasteiger charge is 2.15. The van der Waals surface area contributed by atoms with Crippen molar-refractivity contribution in [2.45, 2.75) is 0 Å². The number of anilines is 1. The van der Waals surface area contributed by atoms with E-state index in [-0.39, 0.29) is 11.8 Å². The molecule has 4 aromatic rings. The Morgan fingerprint density at radius 1 is 0.867 bits per heavy atom. The number of pyridine rings is 1. The molecule has 0 aliphatic rings. The first-order chi connectivity index (χ1) is 14.5. The van der Waals surface area contributed by atoms with E-state index >= 15 is 0 Å². The van der Waals surface area contributed by atoms with Crippen molar-refractivity contribution in [2.75, 3.05) is 12.4 Å². The number of carbonyl (C=O) groups is 2. The van der Waals surface area contributed by atoms with Gasteiger partial charge in [0.2, 0.25) is 0 Å². The lowest BCUT2D eigenvalue weighted by molar-refractivity contribution is 0.0961. The first-order valence-corrected chi connectivity index (χ1v) is 9.72. The lowest BCUT2D eigenvalue weighted by Gasteiger charge is -2.11. The summed E-state index contributed by atoms with van der Waals surface area (Å²) in [5.74, 6) is -0.497. The van der Waals surface area contributed by atoms with Crippen molar-refractivity contribution in [3.8, 4) is 11.3 Å². The van der Waals surface area contributed by atoms with Crippen LogP contribution in [0.25, 0.3) is 22.2 Å². The fourth-order valence-electron chi connectivity index (χ4n) is 3.21. The molecule has 4 rings (SSSR count). The van der Waals surface area contributed by atoms with Crippen molar-refractivity contribution < 1.29 is 9.59 Å². The second-order valence-corrected chi connectivity index (χ2v) is 7.13. The number of hydrogen-bond donors (Lipinski definition) is 2. The second-order valence-electron chi connectivity index (χ2n) is 6.69. The molecular formula is C24H18ClN3O2. The van der Waals surface area contributed by atoms with Gasteiger partial charge in [-0.25, -0.2) is 4.98 Å². The van der Waals surface area contributed by atoms with Gasteiger partial charge in [0, 0.05) is 34.3 Å². The summed E-state index contributed by atoms with van der Waals surface area (Å²) in [5.41, 5.74) is 3.76. The second kappa shape index (κ2) is 8.35. The zero-order valence-corrected chi connectivity index (χ0v) is 16.9. The number of fused-ring (bicyclic) bond motifs is 1. The van der Waals surface area contributed by atoms with Gasteiger partial charge in [-0.1, -0.05) is 48.0 Å². The number of nitrogens with zero attached hydrogens (tertiary/aromatic N) is 1. The average molecular weight is 416 g/mol. The Labute approximate surface area is 178 Å². The summed E-state index contributed by atoms with van der Waals surface area (Å²) >= 11 is 6.00. The Hall–Kier alpha value is -3.70. The number of nitrogens with one attached hydrogen (secondary N) is 2. The zero-order chi connectivity index (χ0) is 21.1. The monoisotopic (exact) mass is 415 g/mol. The van der Waals surface area contributed by atoms with Crippen LogP contribution in [-0.4, -0.2) is 23.8 Å². The smallest absolute Gasteiger partial charge is 0.256 e. The largest absolute Gasteiger partial charge is 0.355 e. The number of benzene rings is 3. The Morgan fingerprint density at radius 2 is 1.63 bits per heavy atom. The molecule has 0 saturated heterocycles. The van der Waals surface area contributed by atoms with Crippen LogP contribution in [0.2, 0.25) is 5.02 Å². The lowest BCUT2D eigenvalue weighted by atomic mass is 10.0. The molecule has 0 radical (unpaired) electrons. The predicted molar refractivity (Wildman–Crippen MR) is 120 cm³/mol. The maximum absolute atomic E-state index is 13.2. The maximum Gasteiger partial charge on any atom is 0.256 e. The summed E-state index contributed by atoms with van der Waals surface area (Å²) in [6, 6.07) is 23.4. The average Bonchev–Trinajstić information content (AvgIpc) is 2.78. The van der Waals surface area contributed by atoms with E-state index in [2.05, 4.69) is 10.6 Å². The van der Waals surface area contributed by atoms with Crippen LogP contribution < -0.4 is 10.6 Å². The molecule has 0 bridgehead atoms. The first-order valence-electron chi connectivity index (χ1n) is 9.34. The van der Waals surface area contributed by atoms with E-state index in [1.165, 1.54) is 0 Å². The summed E-state index contributed by atoms with van der Waals surface area (Å²) in [6.45, 7) is 0. The van der Waals surface area contributed by atoms with Gasteiger partial charge in [-0.3, -0.25) is 9.59 Å². The van der Waals surface area contributed by atoms with Gasteiger partial charge in [0.05, 0.1) is 16.8 Å². The molecule has 2 N–H and O–H groups in total. The quantitative estimate of drug-likeness (QED) is 0.483. The number of halogens is 1. The van der Waals surface area contributed by atoms with Crippen molar-refractivity contribution in [1.82, 2.24) is 10.3 Å². The van der Waals surface area contributed by atoms with Gasteiger partial charge in [-0.05, 0) is 42.5 Å². The molecule has 3 aromatic carbocycles. The minimum Gasteiger partial charge on any atom is -0.355 e. The molecule has 0 atom stereocenters. The van der Waals surface area contributed by atoms with Crippen LogP contribution in [0.15, 0.2) is 78.9 Å². The minimum atomic E-state index is -0.280. The van der Waals surface area contributed by atoms with Gasteiger partial charge in [0.1, 0.15) is 0 Å². The van der Waals surface area contributed by atoms with E-state index < -0.39 is 0 Å². The molecule has 0 unspecified atom stereocenters. The molecule has 30 heavy (non-hydrogen) atoms. The third-order valence-corrected chi connectivity index (χ3v) is 4.96. The van der Waals surface area contributed by atoms with Crippen LogP contribution in [0, 0.1) is 0 Å². The summed E-state index contributed by atoms with van der Waals surface area (Å²) < 4.78 is 0. The Morgan fingerprint density at radius 3 is 2.40 bits per heavy atom. The zero-order valence-electron chi connectivity index (χ0n) is 16.1. The van der Waals surface area contributed by atoms with Gasteiger partial charge in [-0.2, -0.15) is 0 Å². The number of para-hydroxylation sites is 1. The van der Waals surface area contributed by atoms with Crippen LogP contribution in [0.3, 0.4) is 0 Å². The molecule has 0 spiro atoms. The number of amides is 2.